The second kappa shape index (κ2) is 5.50. The molecule has 0 heterocycles. The monoisotopic (exact) mass is 224 g/mol. The molecule has 0 aromatic heterocycles. The van der Waals surface area contributed by atoms with Crippen molar-refractivity contribution < 1.29 is 0 Å². The maximum absolute atomic E-state index is 3.54. The fraction of sp³-hybridized carbons (Fsp3) is 1.00. The molecule has 0 radical (unpaired) electrons. The highest BCUT2D eigenvalue weighted by molar-refractivity contribution is 4.91. The Hall–Kier alpha value is -0.0800. The van der Waals surface area contributed by atoms with Gasteiger partial charge in [-0.2, -0.15) is 0 Å². The third kappa shape index (κ3) is 2.60. The van der Waals surface area contributed by atoms with E-state index < -0.39 is 0 Å². The third-order valence-corrected chi connectivity index (χ3v) is 4.87. The first-order valence-electron chi connectivity index (χ1n) is 7.11. The lowest BCUT2D eigenvalue weighted by atomic mass is 9.82. The zero-order valence-electron chi connectivity index (χ0n) is 11.2. The van der Waals surface area contributed by atoms with Gasteiger partial charge in [-0.05, 0) is 52.1 Å². The van der Waals surface area contributed by atoms with E-state index in [1.54, 1.807) is 0 Å². The molecule has 2 rings (SSSR count). The molecule has 2 nitrogen and oxygen atoms in total. The number of likely N-dealkylation sites (N-methyl/N-ethyl adjacent to an activating group) is 2. The van der Waals surface area contributed by atoms with Crippen LogP contribution in [0.3, 0.4) is 0 Å². The van der Waals surface area contributed by atoms with Crippen molar-refractivity contribution in [3.8, 4) is 0 Å². The van der Waals surface area contributed by atoms with Gasteiger partial charge in [0, 0.05) is 18.1 Å². The molecule has 0 spiro atoms. The zero-order chi connectivity index (χ0) is 11.5. The predicted molar refractivity (Wildman–Crippen MR) is 69.7 cm³/mol. The molecule has 3 unspecified atom stereocenters. The van der Waals surface area contributed by atoms with Crippen molar-refractivity contribution >= 4 is 0 Å². The van der Waals surface area contributed by atoms with Crippen LogP contribution in [0.2, 0.25) is 0 Å². The first-order chi connectivity index (χ1) is 7.72. The molecule has 2 saturated carbocycles. The number of hydrogen-bond donors (Lipinski definition) is 1. The van der Waals surface area contributed by atoms with Crippen molar-refractivity contribution in [1.29, 1.82) is 0 Å². The van der Waals surface area contributed by atoms with Gasteiger partial charge in [-0.3, -0.25) is 4.90 Å². The summed E-state index contributed by atoms with van der Waals surface area (Å²) in [5, 5.41) is 3.54. The fourth-order valence-corrected chi connectivity index (χ4v) is 3.72. The predicted octanol–water partition coefficient (Wildman–Crippen LogP) is 2.64. The Morgan fingerprint density at radius 1 is 1.06 bits per heavy atom. The molecule has 0 aliphatic heterocycles. The Morgan fingerprint density at radius 2 is 1.75 bits per heavy atom. The molecule has 0 aromatic carbocycles. The molecule has 0 saturated heterocycles. The fourth-order valence-electron chi connectivity index (χ4n) is 3.72. The summed E-state index contributed by atoms with van der Waals surface area (Å²) in [7, 11) is 4.50. The number of hydrogen-bond acceptors (Lipinski definition) is 2. The van der Waals surface area contributed by atoms with Crippen LogP contribution in [0, 0.1) is 5.92 Å². The third-order valence-electron chi connectivity index (χ3n) is 4.87. The molecule has 1 N–H and O–H groups in total. The van der Waals surface area contributed by atoms with Crippen molar-refractivity contribution in [2.45, 2.75) is 70.0 Å². The van der Waals surface area contributed by atoms with Gasteiger partial charge >= 0.3 is 0 Å². The molecule has 0 aromatic rings. The molecule has 2 aliphatic rings. The van der Waals surface area contributed by atoms with Crippen molar-refractivity contribution in [2.24, 2.45) is 5.92 Å². The summed E-state index contributed by atoms with van der Waals surface area (Å²) >= 11 is 0. The lowest BCUT2D eigenvalue weighted by Gasteiger charge is -2.43. The average Bonchev–Trinajstić information content (AvgIpc) is 2.81. The molecule has 2 aliphatic carbocycles. The van der Waals surface area contributed by atoms with Crippen LogP contribution in [-0.4, -0.2) is 37.1 Å². The molecule has 0 bridgehead atoms. The van der Waals surface area contributed by atoms with Crippen LogP contribution >= 0.6 is 0 Å². The van der Waals surface area contributed by atoms with Crippen LogP contribution < -0.4 is 5.32 Å². The van der Waals surface area contributed by atoms with Crippen molar-refractivity contribution in [3.63, 3.8) is 0 Å². The largest absolute Gasteiger partial charge is 0.315 e. The van der Waals surface area contributed by atoms with E-state index in [1.165, 1.54) is 44.9 Å². The first-order valence-corrected chi connectivity index (χ1v) is 7.11. The second-order valence-corrected chi connectivity index (χ2v) is 5.98. The molecule has 94 valence electrons. The minimum atomic E-state index is 0.724. The van der Waals surface area contributed by atoms with Gasteiger partial charge in [0.2, 0.25) is 0 Å². The summed E-state index contributed by atoms with van der Waals surface area (Å²) in [4.78, 5) is 2.70. The summed E-state index contributed by atoms with van der Waals surface area (Å²) < 4.78 is 0. The molecule has 2 heteroatoms. The van der Waals surface area contributed by atoms with Gasteiger partial charge in [-0.25, -0.2) is 0 Å². The molecule has 16 heavy (non-hydrogen) atoms. The van der Waals surface area contributed by atoms with E-state index in [1.807, 2.05) is 0 Å². The first kappa shape index (κ1) is 12.4. The van der Waals surface area contributed by atoms with Gasteiger partial charge in [-0.1, -0.05) is 19.8 Å². The number of nitrogens with zero attached hydrogens (tertiary/aromatic N) is 1. The van der Waals surface area contributed by atoms with Gasteiger partial charge < -0.3 is 5.32 Å². The highest BCUT2D eigenvalue weighted by atomic mass is 15.2. The quantitative estimate of drug-likeness (QED) is 0.793. The van der Waals surface area contributed by atoms with E-state index in [4.69, 9.17) is 0 Å². The zero-order valence-corrected chi connectivity index (χ0v) is 11.2. The van der Waals surface area contributed by atoms with Crippen LogP contribution in [0.25, 0.3) is 0 Å². The van der Waals surface area contributed by atoms with E-state index in [-0.39, 0.29) is 0 Å². The normalized spacial score (nSPS) is 37.1. The lowest BCUT2D eigenvalue weighted by Crippen LogP contribution is -2.53. The molecular weight excluding hydrogens is 196 g/mol. The maximum Gasteiger partial charge on any atom is 0.0251 e. The highest BCUT2D eigenvalue weighted by Gasteiger charge is 2.34. The second-order valence-electron chi connectivity index (χ2n) is 5.98. The number of rotatable bonds is 3. The van der Waals surface area contributed by atoms with E-state index in [9.17, 15) is 0 Å². The van der Waals surface area contributed by atoms with Gasteiger partial charge in [0.1, 0.15) is 0 Å². The minimum absolute atomic E-state index is 0.724. The Morgan fingerprint density at radius 3 is 2.38 bits per heavy atom. The highest BCUT2D eigenvalue weighted by Crippen LogP contribution is 2.31. The summed E-state index contributed by atoms with van der Waals surface area (Å²) in [6, 6.07) is 2.37. The summed E-state index contributed by atoms with van der Waals surface area (Å²) in [6.07, 6.45) is 9.90. The molecule has 2 fully saturated rings. The lowest BCUT2D eigenvalue weighted by molar-refractivity contribution is 0.0921. The molecule has 0 amide bonds. The van der Waals surface area contributed by atoms with Gasteiger partial charge in [0.05, 0.1) is 0 Å². The van der Waals surface area contributed by atoms with E-state index in [0.717, 1.165) is 24.0 Å². The summed E-state index contributed by atoms with van der Waals surface area (Å²) in [5.74, 6) is 0.915. The van der Waals surface area contributed by atoms with Crippen LogP contribution in [0.15, 0.2) is 0 Å². The molecule has 3 atom stereocenters. The summed E-state index contributed by atoms with van der Waals surface area (Å²) in [5.41, 5.74) is 0. The van der Waals surface area contributed by atoms with Crippen molar-refractivity contribution in [2.75, 3.05) is 14.1 Å². The average molecular weight is 224 g/mol. The van der Waals surface area contributed by atoms with Crippen LogP contribution in [-0.2, 0) is 0 Å². The summed E-state index contributed by atoms with van der Waals surface area (Å²) in [6.45, 7) is 2.42. The maximum atomic E-state index is 3.54. The van der Waals surface area contributed by atoms with Gasteiger partial charge in [0.25, 0.3) is 0 Å². The van der Waals surface area contributed by atoms with Gasteiger partial charge in [-0.15, -0.1) is 0 Å². The van der Waals surface area contributed by atoms with E-state index >= 15 is 0 Å². The van der Waals surface area contributed by atoms with E-state index in [2.05, 4.69) is 31.2 Å². The van der Waals surface area contributed by atoms with Gasteiger partial charge in [0.15, 0.2) is 0 Å². The molecular formula is C14H28N2. The Kier molecular flexibility index (Phi) is 4.26. The van der Waals surface area contributed by atoms with Crippen LogP contribution in [0.5, 0.6) is 0 Å². The number of nitrogens with one attached hydrogen (secondary N) is 1. The SMILES string of the molecule is CNC1CCC(C)CC1N(C)C1CCCC1. The van der Waals surface area contributed by atoms with Crippen LogP contribution in [0.1, 0.15) is 51.9 Å². The Balaban J connectivity index is 1.97. The van der Waals surface area contributed by atoms with E-state index in [0.29, 0.717) is 0 Å². The Bertz CT molecular complexity index is 211. The van der Waals surface area contributed by atoms with Crippen LogP contribution in [0.4, 0.5) is 0 Å². The topological polar surface area (TPSA) is 15.3 Å². The van der Waals surface area contributed by atoms with Crippen molar-refractivity contribution in [1.82, 2.24) is 10.2 Å². The standard InChI is InChI=1S/C14H28N2/c1-11-8-9-13(15-2)14(10-11)16(3)12-6-4-5-7-12/h11-15H,4-10H2,1-3H3. The Labute approximate surface area is 101 Å². The van der Waals surface area contributed by atoms with Crippen molar-refractivity contribution in [3.05, 3.63) is 0 Å². The minimum Gasteiger partial charge on any atom is -0.315 e. The smallest absolute Gasteiger partial charge is 0.0251 e.